The molecule has 324 valence electrons. The normalized spacial score (nSPS) is 14.7. The predicted molar refractivity (Wildman–Crippen MR) is 235 cm³/mol. The molecule has 3 unspecified atom stereocenters. The Labute approximate surface area is 340 Å². The van der Waals surface area contributed by atoms with E-state index in [-0.39, 0.29) is 25.5 Å². The standard InChI is InChI=1S/C46H89N2O6P/c1-6-8-10-12-14-16-18-20-21-22-23-24-25-26-28-29-31-33-35-37-39-45(49)44(43-54-55(51,52)53-42-41-48(3,4)5)47-46(50)40-38-36-34-32-30-27-19-17-15-13-11-9-7-2/h27,30,34,36-37,39,44-45,49H,6-26,28-29,31-33,35,38,40-43H2,1-5H3,(H-,47,50,51,52)/p+1/b30-27-,36-34-,39-37+. The van der Waals surface area contributed by atoms with E-state index in [0.717, 1.165) is 32.1 Å². The van der Waals surface area contributed by atoms with Gasteiger partial charge in [0.15, 0.2) is 0 Å². The molecule has 0 aliphatic heterocycles. The fourth-order valence-electron chi connectivity index (χ4n) is 6.44. The van der Waals surface area contributed by atoms with Crippen LogP contribution in [0.3, 0.4) is 0 Å². The molecule has 0 fully saturated rings. The van der Waals surface area contributed by atoms with Crippen molar-refractivity contribution in [2.24, 2.45) is 0 Å². The first kappa shape index (κ1) is 53.7. The van der Waals surface area contributed by atoms with Crippen molar-refractivity contribution >= 4 is 13.7 Å². The first-order chi connectivity index (χ1) is 26.5. The van der Waals surface area contributed by atoms with E-state index in [1.807, 2.05) is 33.3 Å². The lowest BCUT2D eigenvalue weighted by Crippen LogP contribution is -2.45. The van der Waals surface area contributed by atoms with Gasteiger partial charge in [0, 0.05) is 6.42 Å². The van der Waals surface area contributed by atoms with Gasteiger partial charge < -0.3 is 19.8 Å². The van der Waals surface area contributed by atoms with E-state index < -0.39 is 20.0 Å². The Morgan fingerprint density at radius 2 is 1.04 bits per heavy atom. The number of hydrogen-bond donors (Lipinski definition) is 3. The predicted octanol–water partition coefficient (Wildman–Crippen LogP) is 12.7. The molecule has 0 aromatic carbocycles. The second-order valence-corrected chi connectivity index (χ2v) is 18.2. The number of hydrogen-bond acceptors (Lipinski definition) is 5. The zero-order chi connectivity index (χ0) is 40.7. The summed E-state index contributed by atoms with van der Waals surface area (Å²) in [5.41, 5.74) is 0. The fourth-order valence-corrected chi connectivity index (χ4v) is 7.18. The van der Waals surface area contributed by atoms with Crippen LogP contribution in [0.4, 0.5) is 0 Å². The van der Waals surface area contributed by atoms with Gasteiger partial charge in [-0.2, -0.15) is 0 Å². The minimum absolute atomic E-state index is 0.0523. The molecule has 9 heteroatoms. The summed E-state index contributed by atoms with van der Waals surface area (Å²) >= 11 is 0. The Hall–Kier alpha value is -1.28. The number of nitrogens with zero attached hydrogens (tertiary/aromatic N) is 1. The van der Waals surface area contributed by atoms with Crippen LogP contribution in [0.5, 0.6) is 0 Å². The maximum Gasteiger partial charge on any atom is 0.472 e. The molecule has 0 saturated carbocycles. The van der Waals surface area contributed by atoms with E-state index in [1.54, 1.807) is 6.08 Å². The fraction of sp³-hybridized carbons (Fsp3) is 0.848. The second-order valence-electron chi connectivity index (χ2n) is 16.8. The van der Waals surface area contributed by atoms with E-state index in [4.69, 9.17) is 9.05 Å². The molecular formula is C46H90N2O6P+. The van der Waals surface area contributed by atoms with Gasteiger partial charge >= 0.3 is 7.82 Å². The van der Waals surface area contributed by atoms with Crippen molar-refractivity contribution in [1.82, 2.24) is 5.32 Å². The summed E-state index contributed by atoms with van der Waals surface area (Å²) in [6, 6.07) is -0.875. The van der Waals surface area contributed by atoms with Crippen LogP contribution in [0.2, 0.25) is 0 Å². The Morgan fingerprint density at radius 1 is 0.618 bits per heavy atom. The van der Waals surface area contributed by atoms with Crippen molar-refractivity contribution in [1.29, 1.82) is 0 Å². The van der Waals surface area contributed by atoms with Crippen LogP contribution in [-0.4, -0.2) is 73.4 Å². The molecule has 0 saturated heterocycles. The van der Waals surface area contributed by atoms with Crippen LogP contribution < -0.4 is 5.32 Å². The first-order valence-corrected chi connectivity index (χ1v) is 24.4. The molecule has 0 aliphatic carbocycles. The molecule has 3 N–H and O–H groups in total. The highest BCUT2D eigenvalue weighted by molar-refractivity contribution is 7.47. The van der Waals surface area contributed by atoms with Crippen LogP contribution in [0.1, 0.15) is 200 Å². The zero-order valence-corrected chi connectivity index (χ0v) is 37.6. The molecule has 0 bridgehead atoms. The lowest BCUT2D eigenvalue weighted by atomic mass is 10.0. The molecule has 55 heavy (non-hydrogen) atoms. The highest BCUT2D eigenvalue weighted by Gasteiger charge is 2.27. The van der Waals surface area contributed by atoms with Crippen molar-refractivity contribution in [3.63, 3.8) is 0 Å². The van der Waals surface area contributed by atoms with E-state index in [0.29, 0.717) is 17.4 Å². The van der Waals surface area contributed by atoms with Crippen LogP contribution >= 0.6 is 7.82 Å². The van der Waals surface area contributed by atoms with Gasteiger partial charge in [-0.05, 0) is 38.5 Å². The summed E-state index contributed by atoms with van der Waals surface area (Å²) in [6.07, 6.45) is 46.6. The topological polar surface area (TPSA) is 105 Å². The number of quaternary nitrogens is 1. The second kappa shape index (κ2) is 38.2. The van der Waals surface area contributed by atoms with Gasteiger partial charge in [-0.1, -0.05) is 192 Å². The maximum absolute atomic E-state index is 12.8. The minimum atomic E-state index is -4.35. The largest absolute Gasteiger partial charge is 0.472 e. The summed E-state index contributed by atoms with van der Waals surface area (Å²) in [5.74, 6) is -0.244. The molecular weight excluding hydrogens is 707 g/mol. The molecule has 8 nitrogen and oxygen atoms in total. The summed E-state index contributed by atoms with van der Waals surface area (Å²) in [6.45, 7) is 4.76. The monoisotopic (exact) mass is 798 g/mol. The van der Waals surface area contributed by atoms with Crippen LogP contribution in [0.25, 0.3) is 0 Å². The van der Waals surface area contributed by atoms with Gasteiger partial charge in [0.05, 0.1) is 39.9 Å². The first-order valence-electron chi connectivity index (χ1n) is 22.9. The lowest BCUT2D eigenvalue weighted by Gasteiger charge is -2.25. The van der Waals surface area contributed by atoms with Crippen LogP contribution in [0, 0.1) is 0 Å². The number of likely N-dealkylation sites (N-methyl/N-ethyl adjacent to an activating group) is 1. The molecule has 3 atom stereocenters. The number of unbranched alkanes of at least 4 members (excludes halogenated alkanes) is 24. The van der Waals surface area contributed by atoms with E-state index in [9.17, 15) is 19.4 Å². The Balaban J connectivity index is 4.43. The quantitative estimate of drug-likeness (QED) is 0.0246. The number of aliphatic hydroxyl groups is 1. The minimum Gasteiger partial charge on any atom is -0.387 e. The number of aliphatic hydroxyl groups excluding tert-OH is 1. The summed E-state index contributed by atoms with van der Waals surface area (Å²) in [4.78, 5) is 23.0. The molecule has 0 rings (SSSR count). The SMILES string of the molecule is CCCCCCCC/C=C\C/C=C\CCC(=O)NC(COP(=O)(O)OCC[N+](C)(C)C)C(O)/C=C/CCCCCCCCCCCCCCCCCCCC. The smallest absolute Gasteiger partial charge is 0.387 e. The molecule has 0 heterocycles. The summed E-state index contributed by atoms with van der Waals surface area (Å²) in [5, 5.41) is 13.8. The van der Waals surface area contributed by atoms with Crippen molar-refractivity contribution < 1.29 is 32.9 Å². The Morgan fingerprint density at radius 3 is 1.49 bits per heavy atom. The molecule has 0 aromatic heterocycles. The molecule has 0 radical (unpaired) electrons. The number of amides is 1. The number of nitrogens with one attached hydrogen (secondary N) is 1. The van der Waals surface area contributed by atoms with Gasteiger partial charge in [-0.15, -0.1) is 0 Å². The average Bonchev–Trinajstić information content (AvgIpc) is 3.13. The van der Waals surface area contributed by atoms with Gasteiger partial charge in [-0.3, -0.25) is 13.8 Å². The van der Waals surface area contributed by atoms with Gasteiger partial charge in [-0.25, -0.2) is 4.57 Å². The van der Waals surface area contributed by atoms with Gasteiger partial charge in [0.2, 0.25) is 5.91 Å². The third-order valence-corrected chi connectivity index (χ3v) is 11.1. The Kier molecular flexibility index (Phi) is 37.4. The number of allylic oxidation sites excluding steroid dienone is 5. The number of rotatable bonds is 41. The molecule has 0 aromatic rings. The summed E-state index contributed by atoms with van der Waals surface area (Å²) < 4.78 is 23.5. The van der Waals surface area contributed by atoms with Crippen LogP contribution in [-0.2, 0) is 18.4 Å². The van der Waals surface area contributed by atoms with Crippen molar-refractivity contribution in [3.05, 3.63) is 36.5 Å². The van der Waals surface area contributed by atoms with Crippen molar-refractivity contribution in [3.8, 4) is 0 Å². The number of phosphoric ester groups is 1. The van der Waals surface area contributed by atoms with E-state index in [1.165, 1.54) is 141 Å². The highest BCUT2D eigenvalue weighted by Crippen LogP contribution is 2.43. The maximum atomic E-state index is 12.8. The molecule has 0 spiro atoms. The average molecular weight is 798 g/mol. The zero-order valence-electron chi connectivity index (χ0n) is 36.7. The number of carbonyl (C=O) groups is 1. The highest BCUT2D eigenvalue weighted by atomic mass is 31.2. The van der Waals surface area contributed by atoms with Crippen molar-refractivity contribution in [2.45, 2.75) is 212 Å². The molecule has 1 amide bonds. The number of carbonyl (C=O) groups excluding carboxylic acids is 1. The third kappa shape index (κ3) is 40.7. The van der Waals surface area contributed by atoms with Crippen LogP contribution in [0.15, 0.2) is 36.5 Å². The Bertz CT molecular complexity index is 995. The van der Waals surface area contributed by atoms with Crippen molar-refractivity contribution in [2.75, 3.05) is 40.9 Å². The third-order valence-electron chi connectivity index (χ3n) is 10.1. The van der Waals surface area contributed by atoms with Gasteiger partial charge in [0.1, 0.15) is 13.2 Å². The molecule has 0 aliphatic rings. The summed E-state index contributed by atoms with van der Waals surface area (Å²) in [7, 11) is 1.54. The van der Waals surface area contributed by atoms with E-state index in [2.05, 4.69) is 37.4 Å². The van der Waals surface area contributed by atoms with Gasteiger partial charge in [0.25, 0.3) is 0 Å². The van der Waals surface area contributed by atoms with E-state index >= 15 is 0 Å². The number of phosphoric acid groups is 1. The lowest BCUT2D eigenvalue weighted by molar-refractivity contribution is -0.870.